The van der Waals surface area contributed by atoms with E-state index in [0.29, 0.717) is 6.54 Å². The Morgan fingerprint density at radius 1 is 1.40 bits per heavy atom. The summed E-state index contributed by atoms with van der Waals surface area (Å²) >= 11 is 6.82. The van der Waals surface area contributed by atoms with Crippen molar-refractivity contribution in [1.82, 2.24) is 10.2 Å². The first-order valence-electron chi connectivity index (χ1n) is 4.57. The van der Waals surface area contributed by atoms with Crippen molar-refractivity contribution in [2.24, 2.45) is 5.73 Å². The number of hydrogen-bond acceptors (Lipinski definition) is 5. The van der Waals surface area contributed by atoms with Gasteiger partial charge in [0.1, 0.15) is 5.01 Å². The summed E-state index contributed by atoms with van der Waals surface area (Å²) in [6.45, 7) is 0.706. The summed E-state index contributed by atoms with van der Waals surface area (Å²) in [5.41, 5.74) is 5.45. The Morgan fingerprint density at radius 2 is 2.27 bits per heavy atom. The molecule has 15 heavy (non-hydrogen) atoms. The van der Waals surface area contributed by atoms with Gasteiger partial charge in [-0.1, -0.05) is 11.3 Å². The van der Waals surface area contributed by atoms with E-state index in [1.165, 1.54) is 0 Å². The third-order valence-electron chi connectivity index (χ3n) is 1.87. The lowest BCUT2D eigenvalue weighted by Crippen LogP contribution is -1.99. The Labute approximate surface area is 104 Å². The second kappa shape index (κ2) is 5.16. The number of nitrogens with two attached hydrogens (primary N) is 1. The summed E-state index contributed by atoms with van der Waals surface area (Å²) in [6, 6.07) is 2.03. The number of nitrogens with zero attached hydrogens (tertiary/aromatic N) is 2. The molecule has 0 aromatic carbocycles. The van der Waals surface area contributed by atoms with Crippen LogP contribution in [0.2, 0.25) is 0 Å². The van der Waals surface area contributed by atoms with Crippen LogP contribution in [0.15, 0.2) is 15.9 Å². The third kappa shape index (κ3) is 2.63. The van der Waals surface area contributed by atoms with Crippen molar-refractivity contribution in [3.05, 3.63) is 20.9 Å². The number of hydrogen-bond donors (Lipinski definition) is 1. The molecule has 0 aliphatic heterocycles. The molecular formula is C9H10BrN3S2. The summed E-state index contributed by atoms with van der Waals surface area (Å²) in [5.74, 6) is 0. The summed E-state index contributed by atoms with van der Waals surface area (Å²) in [4.78, 5) is 1.16. The zero-order chi connectivity index (χ0) is 10.7. The van der Waals surface area contributed by atoms with Gasteiger partial charge >= 0.3 is 0 Å². The molecule has 2 aromatic rings. The maximum Gasteiger partial charge on any atom is 0.158 e. The molecule has 0 fully saturated rings. The van der Waals surface area contributed by atoms with Gasteiger partial charge in [0.2, 0.25) is 0 Å². The highest BCUT2D eigenvalue weighted by Crippen LogP contribution is 2.35. The molecule has 0 radical (unpaired) electrons. The van der Waals surface area contributed by atoms with E-state index in [4.69, 9.17) is 5.73 Å². The predicted molar refractivity (Wildman–Crippen MR) is 68.3 cm³/mol. The molecule has 0 amide bonds. The molecule has 0 spiro atoms. The molecule has 2 N–H and O–H groups in total. The van der Waals surface area contributed by atoms with E-state index in [0.717, 1.165) is 32.2 Å². The zero-order valence-electron chi connectivity index (χ0n) is 7.94. The van der Waals surface area contributed by atoms with Gasteiger partial charge in [0.05, 0.1) is 4.88 Å². The minimum atomic E-state index is 0.706. The normalized spacial score (nSPS) is 10.8. The van der Waals surface area contributed by atoms with Gasteiger partial charge < -0.3 is 5.73 Å². The molecule has 0 aliphatic rings. The molecule has 2 rings (SSSR count). The average molecular weight is 304 g/mol. The fourth-order valence-corrected chi connectivity index (χ4v) is 3.82. The van der Waals surface area contributed by atoms with Crippen LogP contribution in [0, 0.1) is 0 Å². The molecule has 0 saturated heterocycles. The van der Waals surface area contributed by atoms with Gasteiger partial charge in [0.25, 0.3) is 0 Å². The van der Waals surface area contributed by atoms with Gasteiger partial charge in [0, 0.05) is 10.9 Å². The second-order valence-corrected chi connectivity index (χ2v) is 5.82. The van der Waals surface area contributed by atoms with Crippen LogP contribution < -0.4 is 5.73 Å². The molecule has 0 bridgehead atoms. The first-order valence-corrected chi connectivity index (χ1v) is 7.06. The molecule has 0 aliphatic carbocycles. The molecule has 0 atom stereocenters. The van der Waals surface area contributed by atoms with E-state index in [9.17, 15) is 0 Å². The van der Waals surface area contributed by atoms with Crippen molar-refractivity contribution < 1.29 is 0 Å². The Bertz CT molecular complexity index is 438. The molecular weight excluding hydrogens is 294 g/mol. The predicted octanol–water partition coefficient (Wildman–Crippen LogP) is 2.92. The maximum atomic E-state index is 5.45. The van der Waals surface area contributed by atoms with Crippen molar-refractivity contribution in [1.29, 1.82) is 0 Å². The minimum Gasteiger partial charge on any atom is -0.330 e. The van der Waals surface area contributed by atoms with Crippen LogP contribution in [-0.4, -0.2) is 16.7 Å². The topological polar surface area (TPSA) is 51.8 Å². The van der Waals surface area contributed by atoms with Crippen molar-refractivity contribution >= 4 is 38.6 Å². The van der Waals surface area contributed by atoms with Crippen molar-refractivity contribution in [3.63, 3.8) is 0 Å². The van der Waals surface area contributed by atoms with Gasteiger partial charge in [-0.25, -0.2) is 0 Å². The molecule has 0 saturated carbocycles. The lowest BCUT2D eigenvalue weighted by atomic mass is 10.3. The summed E-state index contributed by atoms with van der Waals surface area (Å²) in [7, 11) is 0. The standard InChI is InChI=1S/C9H10BrN3S2/c10-6-3-5-14-8(6)9-13-12-7(15-9)2-1-4-11/h3,5H,1-2,4,11H2. The fraction of sp³-hybridized carbons (Fsp3) is 0.333. The lowest BCUT2D eigenvalue weighted by molar-refractivity contribution is 0.812. The molecule has 2 heterocycles. The highest BCUT2D eigenvalue weighted by atomic mass is 79.9. The fourth-order valence-electron chi connectivity index (χ4n) is 1.15. The smallest absolute Gasteiger partial charge is 0.158 e. The molecule has 80 valence electrons. The van der Waals surface area contributed by atoms with Crippen LogP contribution in [0.3, 0.4) is 0 Å². The van der Waals surface area contributed by atoms with E-state index in [2.05, 4.69) is 26.1 Å². The Morgan fingerprint density at radius 3 is 2.93 bits per heavy atom. The molecule has 6 heteroatoms. The van der Waals surface area contributed by atoms with Crippen LogP contribution in [-0.2, 0) is 6.42 Å². The van der Waals surface area contributed by atoms with E-state index in [1.807, 2.05) is 11.4 Å². The van der Waals surface area contributed by atoms with Crippen molar-refractivity contribution in [2.45, 2.75) is 12.8 Å². The lowest BCUT2D eigenvalue weighted by Gasteiger charge is -1.90. The van der Waals surface area contributed by atoms with E-state index in [-0.39, 0.29) is 0 Å². The van der Waals surface area contributed by atoms with E-state index in [1.54, 1.807) is 22.7 Å². The zero-order valence-corrected chi connectivity index (χ0v) is 11.2. The van der Waals surface area contributed by atoms with Crippen molar-refractivity contribution in [2.75, 3.05) is 6.54 Å². The summed E-state index contributed by atoms with van der Waals surface area (Å²) in [6.07, 6.45) is 1.90. The Kier molecular flexibility index (Phi) is 3.85. The summed E-state index contributed by atoms with van der Waals surface area (Å²) < 4.78 is 1.09. The van der Waals surface area contributed by atoms with Crippen LogP contribution in [0.1, 0.15) is 11.4 Å². The van der Waals surface area contributed by atoms with Gasteiger partial charge in [-0.15, -0.1) is 21.5 Å². The number of aryl methyl sites for hydroxylation is 1. The minimum absolute atomic E-state index is 0.706. The van der Waals surface area contributed by atoms with Gasteiger partial charge in [-0.05, 0) is 40.3 Å². The summed E-state index contributed by atoms with van der Waals surface area (Å²) in [5, 5.41) is 12.4. The van der Waals surface area contributed by atoms with Gasteiger partial charge in [-0.2, -0.15) is 0 Å². The first kappa shape index (κ1) is 11.2. The van der Waals surface area contributed by atoms with Crippen LogP contribution in [0.5, 0.6) is 0 Å². The first-order chi connectivity index (χ1) is 7.31. The monoisotopic (exact) mass is 303 g/mol. The number of rotatable bonds is 4. The maximum absolute atomic E-state index is 5.45. The SMILES string of the molecule is NCCCc1nnc(-c2sccc2Br)s1. The Hall–Kier alpha value is -0.300. The second-order valence-electron chi connectivity index (χ2n) is 2.99. The van der Waals surface area contributed by atoms with E-state index < -0.39 is 0 Å². The quantitative estimate of drug-likeness (QED) is 0.945. The van der Waals surface area contributed by atoms with Crippen LogP contribution in [0.25, 0.3) is 9.88 Å². The Balaban J connectivity index is 2.17. The van der Waals surface area contributed by atoms with Crippen LogP contribution in [0.4, 0.5) is 0 Å². The number of halogens is 1. The molecule has 0 unspecified atom stereocenters. The number of thiophene rings is 1. The highest BCUT2D eigenvalue weighted by Gasteiger charge is 2.10. The van der Waals surface area contributed by atoms with Crippen LogP contribution >= 0.6 is 38.6 Å². The van der Waals surface area contributed by atoms with E-state index >= 15 is 0 Å². The van der Waals surface area contributed by atoms with Gasteiger partial charge in [0.15, 0.2) is 5.01 Å². The van der Waals surface area contributed by atoms with Crippen molar-refractivity contribution in [3.8, 4) is 9.88 Å². The third-order valence-corrected chi connectivity index (χ3v) is 4.85. The molecule has 3 nitrogen and oxygen atoms in total. The molecule has 2 aromatic heterocycles. The largest absolute Gasteiger partial charge is 0.330 e. The number of aromatic nitrogens is 2. The average Bonchev–Trinajstić information content (AvgIpc) is 2.83. The van der Waals surface area contributed by atoms with Gasteiger partial charge in [-0.3, -0.25) is 0 Å². The highest BCUT2D eigenvalue weighted by molar-refractivity contribution is 9.10.